The van der Waals surface area contributed by atoms with Crippen molar-refractivity contribution < 1.29 is 13.0 Å². The molecule has 25 heavy (non-hydrogen) atoms. The Morgan fingerprint density at radius 1 is 0.640 bits per heavy atom. The SMILES string of the molecule is CCCCCCCCCCCCCCCCCC=CCS(=O)(=O)O.[NaH]. The molecule has 3 nitrogen and oxygen atoms in total. The fourth-order valence-corrected chi connectivity index (χ4v) is 3.32. The molecular weight excluding hydrogens is 343 g/mol. The number of allylic oxidation sites excluding steroid dienone is 1. The van der Waals surface area contributed by atoms with Gasteiger partial charge in [0.1, 0.15) is 0 Å². The summed E-state index contributed by atoms with van der Waals surface area (Å²) >= 11 is 0. The maximum atomic E-state index is 10.5. The van der Waals surface area contributed by atoms with Gasteiger partial charge in [-0.1, -0.05) is 109 Å². The molecule has 0 aliphatic heterocycles. The Hall–Kier alpha value is 0.650. The van der Waals surface area contributed by atoms with Crippen LogP contribution in [-0.2, 0) is 10.1 Å². The molecule has 0 unspecified atom stereocenters. The van der Waals surface area contributed by atoms with Gasteiger partial charge in [-0.25, -0.2) is 0 Å². The van der Waals surface area contributed by atoms with Gasteiger partial charge in [-0.15, -0.1) is 0 Å². The third kappa shape index (κ3) is 27.0. The summed E-state index contributed by atoms with van der Waals surface area (Å²) in [5.74, 6) is -0.258. The van der Waals surface area contributed by atoms with Crippen LogP contribution in [0.5, 0.6) is 0 Å². The van der Waals surface area contributed by atoms with Crippen LogP contribution in [0.25, 0.3) is 0 Å². The van der Waals surface area contributed by atoms with E-state index in [9.17, 15) is 8.42 Å². The van der Waals surface area contributed by atoms with Crippen LogP contribution in [0.15, 0.2) is 12.2 Å². The Labute approximate surface area is 179 Å². The summed E-state index contributed by atoms with van der Waals surface area (Å²) in [4.78, 5) is 0. The summed E-state index contributed by atoms with van der Waals surface area (Å²) in [6.07, 6.45) is 24.7. The molecule has 0 rings (SSSR count). The monoisotopic (exact) mass is 384 g/mol. The van der Waals surface area contributed by atoms with Crippen molar-refractivity contribution in [3.8, 4) is 0 Å². The Bertz CT molecular complexity index is 380. The molecule has 0 radical (unpaired) electrons. The molecular formula is C20H41NaO3S. The molecule has 0 aromatic heterocycles. The second-order valence-electron chi connectivity index (χ2n) is 6.96. The number of hydrogen-bond donors (Lipinski definition) is 1. The summed E-state index contributed by atoms with van der Waals surface area (Å²) in [7, 11) is -3.83. The molecule has 0 aliphatic carbocycles. The average Bonchev–Trinajstić information content (AvgIpc) is 2.52. The molecule has 0 fully saturated rings. The van der Waals surface area contributed by atoms with E-state index in [1.54, 1.807) is 6.08 Å². The first-order valence-corrected chi connectivity index (χ1v) is 11.8. The van der Waals surface area contributed by atoms with Crippen LogP contribution in [0.4, 0.5) is 0 Å². The molecule has 0 aromatic rings. The number of unbranched alkanes of at least 4 members (excludes halogenated alkanes) is 15. The third-order valence-corrected chi connectivity index (χ3v) is 5.06. The van der Waals surface area contributed by atoms with E-state index < -0.39 is 10.1 Å². The second kappa shape index (κ2) is 21.0. The van der Waals surface area contributed by atoms with Gasteiger partial charge in [0.2, 0.25) is 0 Å². The quantitative estimate of drug-likeness (QED) is 0.136. The van der Waals surface area contributed by atoms with Crippen LogP contribution in [0.3, 0.4) is 0 Å². The molecule has 0 spiro atoms. The van der Waals surface area contributed by atoms with Crippen LogP contribution in [0, 0.1) is 0 Å². The summed E-state index contributed by atoms with van der Waals surface area (Å²) < 4.78 is 29.6. The summed E-state index contributed by atoms with van der Waals surface area (Å²) in [5, 5.41) is 0. The van der Waals surface area contributed by atoms with Crippen molar-refractivity contribution in [2.24, 2.45) is 0 Å². The zero-order valence-electron chi connectivity index (χ0n) is 15.8. The Morgan fingerprint density at radius 3 is 1.36 bits per heavy atom. The van der Waals surface area contributed by atoms with Crippen LogP contribution >= 0.6 is 0 Å². The predicted molar refractivity (Wildman–Crippen MR) is 112 cm³/mol. The van der Waals surface area contributed by atoms with E-state index in [1.165, 1.54) is 89.9 Å². The van der Waals surface area contributed by atoms with Crippen molar-refractivity contribution in [3.05, 3.63) is 12.2 Å². The van der Waals surface area contributed by atoms with Crippen LogP contribution in [0.1, 0.15) is 110 Å². The van der Waals surface area contributed by atoms with Gasteiger partial charge in [0, 0.05) is 0 Å². The molecule has 0 heterocycles. The normalized spacial score (nSPS) is 11.8. The molecule has 0 atom stereocenters. The topological polar surface area (TPSA) is 54.4 Å². The zero-order chi connectivity index (χ0) is 17.9. The van der Waals surface area contributed by atoms with Crippen molar-refractivity contribution in [1.82, 2.24) is 0 Å². The first kappa shape index (κ1) is 27.9. The van der Waals surface area contributed by atoms with Gasteiger partial charge in [-0.3, -0.25) is 4.55 Å². The van der Waals surface area contributed by atoms with E-state index in [4.69, 9.17) is 4.55 Å². The summed E-state index contributed by atoms with van der Waals surface area (Å²) in [5.41, 5.74) is 0. The molecule has 1 N–H and O–H groups in total. The van der Waals surface area contributed by atoms with E-state index >= 15 is 0 Å². The van der Waals surface area contributed by atoms with E-state index in [1.807, 2.05) is 6.08 Å². The predicted octanol–water partition coefficient (Wildman–Crippen LogP) is 6.04. The maximum absolute atomic E-state index is 10.5. The standard InChI is InChI=1S/C20H40O3S.Na.H/c1-2-3-4-5-6-7-8-9-10-11-12-13-14-15-16-17-18-19-20-24(21,22)23;;/h18-19H,2-17,20H2,1H3,(H,21,22,23);;. The van der Waals surface area contributed by atoms with Crippen molar-refractivity contribution in [3.63, 3.8) is 0 Å². The van der Waals surface area contributed by atoms with E-state index in [-0.39, 0.29) is 35.3 Å². The van der Waals surface area contributed by atoms with E-state index in [2.05, 4.69) is 6.92 Å². The molecule has 146 valence electrons. The van der Waals surface area contributed by atoms with Gasteiger partial charge < -0.3 is 0 Å². The van der Waals surface area contributed by atoms with E-state index in [0.717, 1.165) is 12.8 Å². The van der Waals surface area contributed by atoms with Gasteiger partial charge in [-0.2, -0.15) is 8.42 Å². The van der Waals surface area contributed by atoms with Crippen LogP contribution < -0.4 is 0 Å². The minimum absolute atomic E-state index is 0. The van der Waals surface area contributed by atoms with Crippen LogP contribution in [-0.4, -0.2) is 48.3 Å². The zero-order valence-corrected chi connectivity index (χ0v) is 16.7. The molecule has 0 aliphatic rings. The summed E-state index contributed by atoms with van der Waals surface area (Å²) in [6.45, 7) is 2.27. The Kier molecular flexibility index (Phi) is 23.4. The summed E-state index contributed by atoms with van der Waals surface area (Å²) in [6, 6.07) is 0. The van der Waals surface area contributed by atoms with E-state index in [0.29, 0.717) is 0 Å². The molecule has 0 bridgehead atoms. The molecule has 0 saturated carbocycles. The van der Waals surface area contributed by atoms with Gasteiger partial charge in [0.15, 0.2) is 0 Å². The van der Waals surface area contributed by atoms with Crippen molar-refractivity contribution >= 4 is 39.7 Å². The van der Waals surface area contributed by atoms with Gasteiger partial charge in [0.05, 0.1) is 5.75 Å². The van der Waals surface area contributed by atoms with Crippen molar-refractivity contribution in [1.29, 1.82) is 0 Å². The first-order valence-electron chi connectivity index (χ1n) is 10.2. The van der Waals surface area contributed by atoms with Crippen LogP contribution in [0.2, 0.25) is 0 Å². The Balaban J connectivity index is 0. The van der Waals surface area contributed by atoms with Crippen molar-refractivity contribution in [2.75, 3.05) is 5.75 Å². The fourth-order valence-electron chi connectivity index (χ4n) is 2.94. The molecule has 0 saturated heterocycles. The fraction of sp³-hybridized carbons (Fsp3) is 0.900. The second-order valence-corrected chi connectivity index (χ2v) is 8.46. The minimum atomic E-state index is -3.83. The number of rotatable bonds is 18. The third-order valence-electron chi connectivity index (χ3n) is 4.45. The molecule has 0 aromatic carbocycles. The first-order chi connectivity index (χ1) is 11.6. The number of hydrogen-bond acceptors (Lipinski definition) is 2. The average molecular weight is 385 g/mol. The van der Waals surface area contributed by atoms with Gasteiger partial charge in [0.25, 0.3) is 10.1 Å². The Morgan fingerprint density at radius 2 is 1.00 bits per heavy atom. The molecule has 5 heteroatoms. The van der Waals surface area contributed by atoms with Gasteiger partial charge >= 0.3 is 29.6 Å². The van der Waals surface area contributed by atoms with Gasteiger partial charge in [-0.05, 0) is 12.8 Å². The van der Waals surface area contributed by atoms with Crippen molar-refractivity contribution in [2.45, 2.75) is 110 Å². The molecule has 0 amide bonds.